The van der Waals surface area contributed by atoms with Crippen LogP contribution >= 0.6 is 15.9 Å². The highest BCUT2D eigenvalue weighted by Crippen LogP contribution is 2.24. The van der Waals surface area contributed by atoms with E-state index in [2.05, 4.69) is 26.0 Å². The first kappa shape index (κ1) is 14.8. The Labute approximate surface area is 110 Å². The number of benzene rings is 1. The van der Waals surface area contributed by atoms with E-state index in [-0.39, 0.29) is 23.0 Å². The number of rotatable bonds is 4. The first-order valence-electron chi connectivity index (χ1n) is 5.03. The van der Waals surface area contributed by atoms with Gasteiger partial charge in [0.15, 0.2) is 0 Å². The van der Waals surface area contributed by atoms with Gasteiger partial charge in [-0.15, -0.1) is 13.2 Å². The Morgan fingerprint density at radius 2 is 1.94 bits per heavy atom. The normalized spacial score (nSPS) is 12.9. The zero-order chi connectivity index (χ0) is 13.8. The summed E-state index contributed by atoms with van der Waals surface area (Å²) in [5.74, 6) is -0.483. The van der Waals surface area contributed by atoms with Gasteiger partial charge in [-0.05, 0) is 24.6 Å². The van der Waals surface area contributed by atoms with Crippen LogP contribution in [-0.4, -0.2) is 17.6 Å². The smallest absolute Gasteiger partial charge is 0.406 e. The first-order chi connectivity index (χ1) is 8.31. The van der Waals surface area contributed by atoms with Gasteiger partial charge in [-0.25, -0.2) is 0 Å². The molecule has 0 saturated heterocycles. The molecule has 1 aromatic rings. The summed E-state index contributed by atoms with van der Waals surface area (Å²) in [6, 6.07) is 5.08. The average Bonchev–Trinajstić information content (AvgIpc) is 2.27. The lowest BCUT2D eigenvalue weighted by Crippen LogP contribution is -2.27. The molecular weight excluding hydrogens is 315 g/mol. The SMILES string of the molecule is CC(NC(=O)CBr)c1ccc(OC(F)(F)F)cc1. The fourth-order valence-corrected chi connectivity index (χ4v) is 1.48. The van der Waals surface area contributed by atoms with Crippen molar-refractivity contribution in [1.82, 2.24) is 5.32 Å². The van der Waals surface area contributed by atoms with E-state index in [0.29, 0.717) is 5.56 Å². The molecule has 0 aliphatic rings. The van der Waals surface area contributed by atoms with Crippen LogP contribution in [0.1, 0.15) is 18.5 Å². The Morgan fingerprint density at radius 3 is 2.39 bits per heavy atom. The maximum absolute atomic E-state index is 11.9. The standard InChI is InChI=1S/C11H11BrF3NO2/c1-7(16-10(17)6-12)8-2-4-9(5-3-8)18-11(13,14)15/h2-5,7H,6H2,1H3,(H,16,17). The highest BCUT2D eigenvalue weighted by Gasteiger charge is 2.31. The molecule has 0 heterocycles. The number of ether oxygens (including phenoxy) is 1. The van der Waals surface area contributed by atoms with Gasteiger partial charge in [0.2, 0.25) is 5.91 Å². The van der Waals surface area contributed by atoms with Crippen LogP contribution in [0.3, 0.4) is 0 Å². The lowest BCUT2D eigenvalue weighted by Gasteiger charge is -2.14. The van der Waals surface area contributed by atoms with Crippen LogP contribution in [0, 0.1) is 0 Å². The van der Waals surface area contributed by atoms with Crippen molar-refractivity contribution in [1.29, 1.82) is 0 Å². The van der Waals surface area contributed by atoms with Gasteiger partial charge in [-0.3, -0.25) is 4.79 Å². The van der Waals surface area contributed by atoms with E-state index >= 15 is 0 Å². The van der Waals surface area contributed by atoms with E-state index in [9.17, 15) is 18.0 Å². The molecule has 0 saturated carbocycles. The molecule has 1 amide bonds. The average molecular weight is 326 g/mol. The zero-order valence-corrected chi connectivity index (χ0v) is 11.0. The molecule has 1 N–H and O–H groups in total. The molecule has 1 rings (SSSR count). The molecule has 0 aromatic heterocycles. The van der Waals surface area contributed by atoms with Gasteiger partial charge in [0.05, 0.1) is 11.4 Å². The Kier molecular flexibility index (Phi) is 5.01. The van der Waals surface area contributed by atoms with Crippen LogP contribution in [0.25, 0.3) is 0 Å². The van der Waals surface area contributed by atoms with Crippen LogP contribution in [-0.2, 0) is 4.79 Å². The van der Waals surface area contributed by atoms with E-state index in [4.69, 9.17) is 0 Å². The molecule has 1 aromatic carbocycles. The fraction of sp³-hybridized carbons (Fsp3) is 0.364. The molecule has 0 aliphatic carbocycles. The van der Waals surface area contributed by atoms with Crippen molar-refractivity contribution < 1.29 is 22.7 Å². The van der Waals surface area contributed by atoms with Crippen LogP contribution in [0.15, 0.2) is 24.3 Å². The summed E-state index contributed by atoms with van der Waals surface area (Å²) in [6.07, 6.45) is -4.70. The van der Waals surface area contributed by atoms with Crippen molar-refractivity contribution in [3.05, 3.63) is 29.8 Å². The van der Waals surface area contributed by atoms with Gasteiger partial charge in [0.1, 0.15) is 5.75 Å². The zero-order valence-electron chi connectivity index (χ0n) is 9.42. The minimum atomic E-state index is -4.70. The van der Waals surface area contributed by atoms with Gasteiger partial charge in [0, 0.05) is 0 Å². The lowest BCUT2D eigenvalue weighted by molar-refractivity contribution is -0.274. The maximum Gasteiger partial charge on any atom is 0.573 e. The van der Waals surface area contributed by atoms with Gasteiger partial charge in [0.25, 0.3) is 0 Å². The highest BCUT2D eigenvalue weighted by molar-refractivity contribution is 9.09. The van der Waals surface area contributed by atoms with Crippen molar-refractivity contribution in [2.75, 3.05) is 5.33 Å². The van der Waals surface area contributed by atoms with Crippen LogP contribution in [0.5, 0.6) is 5.75 Å². The number of alkyl halides is 4. The van der Waals surface area contributed by atoms with Gasteiger partial charge >= 0.3 is 6.36 Å². The van der Waals surface area contributed by atoms with E-state index in [1.165, 1.54) is 24.3 Å². The molecule has 0 radical (unpaired) electrons. The molecule has 1 atom stereocenters. The largest absolute Gasteiger partial charge is 0.573 e. The van der Waals surface area contributed by atoms with Crippen molar-refractivity contribution in [2.24, 2.45) is 0 Å². The quantitative estimate of drug-likeness (QED) is 0.863. The Morgan fingerprint density at radius 1 is 1.39 bits per heavy atom. The summed E-state index contributed by atoms with van der Waals surface area (Å²) in [6.45, 7) is 1.74. The highest BCUT2D eigenvalue weighted by atomic mass is 79.9. The Balaban J connectivity index is 2.67. The fourth-order valence-electron chi connectivity index (χ4n) is 1.32. The van der Waals surface area contributed by atoms with Crippen molar-refractivity contribution in [3.63, 3.8) is 0 Å². The summed E-state index contributed by atoms with van der Waals surface area (Å²) in [4.78, 5) is 11.1. The van der Waals surface area contributed by atoms with Crippen molar-refractivity contribution in [2.45, 2.75) is 19.3 Å². The number of carbonyl (C=O) groups excluding carboxylic acids is 1. The second-order valence-electron chi connectivity index (χ2n) is 3.54. The lowest BCUT2D eigenvalue weighted by atomic mass is 10.1. The van der Waals surface area contributed by atoms with Crippen molar-refractivity contribution >= 4 is 21.8 Å². The van der Waals surface area contributed by atoms with Gasteiger partial charge in [-0.1, -0.05) is 28.1 Å². The number of amides is 1. The van der Waals surface area contributed by atoms with Crippen LogP contribution in [0.2, 0.25) is 0 Å². The third kappa shape index (κ3) is 4.95. The maximum atomic E-state index is 11.9. The summed E-state index contributed by atoms with van der Waals surface area (Å²) in [5.41, 5.74) is 0.693. The number of carbonyl (C=O) groups is 1. The molecule has 0 aliphatic heterocycles. The van der Waals surface area contributed by atoms with Crippen molar-refractivity contribution in [3.8, 4) is 5.75 Å². The summed E-state index contributed by atoms with van der Waals surface area (Å²) in [5, 5.41) is 2.84. The monoisotopic (exact) mass is 325 g/mol. The number of nitrogens with one attached hydrogen (secondary N) is 1. The summed E-state index contributed by atoms with van der Waals surface area (Å²) >= 11 is 3.00. The number of hydrogen-bond acceptors (Lipinski definition) is 2. The summed E-state index contributed by atoms with van der Waals surface area (Å²) in [7, 11) is 0. The predicted octanol–water partition coefficient (Wildman–Crippen LogP) is 3.16. The van der Waals surface area contributed by atoms with Crippen LogP contribution < -0.4 is 10.1 Å². The molecular formula is C11H11BrF3NO2. The topological polar surface area (TPSA) is 38.3 Å². The first-order valence-corrected chi connectivity index (χ1v) is 6.15. The third-order valence-electron chi connectivity index (χ3n) is 2.11. The molecule has 1 unspecified atom stereocenters. The molecule has 0 fully saturated rings. The van der Waals surface area contributed by atoms with Gasteiger partial charge < -0.3 is 10.1 Å². The molecule has 100 valence electrons. The third-order valence-corrected chi connectivity index (χ3v) is 2.62. The Bertz CT molecular complexity index is 406. The second-order valence-corrected chi connectivity index (χ2v) is 4.10. The van der Waals surface area contributed by atoms with E-state index in [1.807, 2.05) is 0 Å². The van der Waals surface area contributed by atoms with E-state index in [0.717, 1.165) is 0 Å². The molecule has 3 nitrogen and oxygen atoms in total. The minimum Gasteiger partial charge on any atom is -0.406 e. The second kappa shape index (κ2) is 6.08. The summed E-state index contributed by atoms with van der Waals surface area (Å²) < 4.78 is 39.5. The minimum absolute atomic E-state index is 0.173. The molecule has 0 spiro atoms. The number of hydrogen-bond donors (Lipinski definition) is 1. The van der Waals surface area contributed by atoms with E-state index < -0.39 is 6.36 Å². The predicted molar refractivity (Wildman–Crippen MR) is 63.5 cm³/mol. The Hall–Kier alpha value is -1.24. The van der Waals surface area contributed by atoms with Gasteiger partial charge in [-0.2, -0.15) is 0 Å². The van der Waals surface area contributed by atoms with Crippen LogP contribution in [0.4, 0.5) is 13.2 Å². The number of halogens is 4. The molecule has 7 heteroatoms. The molecule has 18 heavy (non-hydrogen) atoms. The van der Waals surface area contributed by atoms with E-state index in [1.54, 1.807) is 6.92 Å². The molecule has 0 bridgehead atoms.